The summed E-state index contributed by atoms with van der Waals surface area (Å²) in [5.74, 6) is 1.52. The smallest absolute Gasteiger partial charge is 0.125 e. The fourth-order valence-electron chi connectivity index (χ4n) is 1.85. The summed E-state index contributed by atoms with van der Waals surface area (Å²) in [6, 6.07) is 4.16. The molecule has 0 N–H and O–H groups in total. The number of ether oxygens (including phenoxy) is 2. The van der Waals surface area contributed by atoms with Crippen LogP contribution in [0.3, 0.4) is 0 Å². The number of halogens is 1. The van der Waals surface area contributed by atoms with Gasteiger partial charge in [-0.15, -0.1) is 11.6 Å². The van der Waals surface area contributed by atoms with Crippen LogP contribution in [-0.4, -0.2) is 19.8 Å². The Morgan fingerprint density at radius 2 is 1.82 bits per heavy atom. The van der Waals surface area contributed by atoms with Gasteiger partial charge in [0.05, 0.1) is 6.10 Å². The van der Waals surface area contributed by atoms with Gasteiger partial charge in [0, 0.05) is 26.0 Å². The molecule has 1 rings (SSSR count). The molecule has 0 aromatic heterocycles. The maximum Gasteiger partial charge on any atom is 0.125 e. The van der Waals surface area contributed by atoms with E-state index in [-0.39, 0.29) is 6.10 Å². The van der Waals surface area contributed by atoms with Crippen molar-refractivity contribution in [2.24, 2.45) is 0 Å². The van der Waals surface area contributed by atoms with Gasteiger partial charge in [-0.1, -0.05) is 12.1 Å². The van der Waals surface area contributed by atoms with Gasteiger partial charge in [0.2, 0.25) is 0 Å². The molecule has 0 spiro atoms. The van der Waals surface area contributed by atoms with E-state index in [4.69, 9.17) is 21.1 Å². The Balaban J connectivity index is 2.77. The van der Waals surface area contributed by atoms with Gasteiger partial charge in [-0.05, 0) is 37.5 Å². The van der Waals surface area contributed by atoms with Crippen molar-refractivity contribution in [1.29, 1.82) is 0 Å². The molecule has 96 valence electrons. The predicted octanol–water partition coefficient (Wildman–Crippen LogP) is 3.85. The summed E-state index contributed by atoms with van der Waals surface area (Å²) in [4.78, 5) is 0. The van der Waals surface area contributed by atoms with Crippen molar-refractivity contribution in [3.8, 4) is 5.75 Å². The lowest BCUT2D eigenvalue weighted by Crippen LogP contribution is -2.15. The molecular weight excluding hydrogens is 236 g/mol. The first-order valence-electron chi connectivity index (χ1n) is 5.90. The first-order chi connectivity index (χ1) is 8.08. The van der Waals surface area contributed by atoms with Crippen LogP contribution in [0.1, 0.15) is 30.0 Å². The number of rotatable bonds is 6. The van der Waals surface area contributed by atoms with Crippen LogP contribution in [0.2, 0.25) is 0 Å². The van der Waals surface area contributed by atoms with Gasteiger partial charge in [-0.25, -0.2) is 0 Å². The maximum atomic E-state index is 5.95. The van der Waals surface area contributed by atoms with Gasteiger partial charge in [0.15, 0.2) is 0 Å². The molecule has 0 saturated heterocycles. The van der Waals surface area contributed by atoms with Crippen LogP contribution in [-0.2, 0) is 10.6 Å². The van der Waals surface area contributed by atoms with E-state index in [2.05, 4.69) is 32.9 Å². The Bertz CT molecular complexity index is 340. The second-order valence-electron chi connectivity index (χ2n) is 4.40. The fraction of sp³-hybridized carbons (Fsp3) is 0.571. The zero-order valence-corrected chi connectivity index (χ0v) is 11.8. The highest BCUT2D eigenvalue weighted by Gasteiger charge is 2.10. The summed E-state index contributed by atoms with van der Waals surface area (Å²) >= 11 is 5.84. The van der Waals surface area contributed by atoms with Crippen molar-refractivity contribution >= 4 is 11.6 Å². The lowest BCUT2D eigenvalue weighted by molar-refractivity contribution is 0.134. The molecule has 0 bridgehead atoms. The van der Waals surface area contributed by atoms with E-state index in [1.807, 2.05) is 0 Å². The number of hydrogen-bond donors (Lipinski definition) is 0. The van der Waals surface area contributed by atoms with Gasteiger partial charge < -0.3 is 9.47 Å². The minimum absolute atomic E-state index is 0.161. The summed E-state index contributed by atoms with van der Waals surface area (Å²) < 4.78 is 11.0. The zero-order valence-electron chi connectivity index (χ0n) is 11.0. The van der Waals surface area contributed by atoms with Crippen molar-refractivity contribution in [2.75, 3.05) is 13.7 Å². The Hall–Kier alpha value is -0.730. The second-order valence-corrected chi connectivity index (χ2v) is 4.67. The van der Waals surface area contributed by atoms with E-state index in [0.29, 0.717) is 5.88 Å². The molecule has 1 unspecified atom stereocenters. The Morgan fingerprint density at radius 3 is 2.29 bits per heavy atom. The van der Waals surface area contributed by atoms with Crippen molar-refractivity contribution in [1.82, 2.24) is 0 Å². The minimum atomic E-state index is 0.161. The van der Waals surface area contributed by atoms with Crippen LogP contribution >= 0.6 is 11.6 Å². The molecule has 1 aromatic carbocycles. The molecule has 3 heteroatoms. The summed E-state index contributed by atoms with van der Waals surface area (Å²) in [7, 11) is 1.71. The normalized spacial score (nSPS) is 12.5. The summed E-state index contributed by atoms with van der Waals surface area (Å²) in [6.07, 6.45) is 1.06. The van der Waals surface area contributed by atoms with E-state index in [9.17, 15) is 0 Å². The Labute approximate surface area is 109 Å². The highest BCUT2D eigenvalue weighted by molar-refractivity contribution is 6.17. The second kappa shape index (κ2) is 6.87. The van der Waals surface area contributed by atoms with Gasteiger partial charge in [-0.2, -0.15) is 0 Å². The van der Waals surface area contributed by atoms with Crippen molar-refractivity contribution in [2.45, 2.75) is 39.2 Å². The number of alkyl halides is 1. The lowest BCUT2D eigenvalue weighted by atomic mass is 10.1. The zero-order chi connectivity index (χ0) is 12.8. The van der Waals surface area contributed by atoms with Crippen LogP contribution in [0, 0.1) is 13.8 Å². The Morgan fingerprint density at radius 1 is 1.24 bits per heavy atom. The lowest BCUT2D eigenvalue weighted by Gasteiger charge is -2.18. The third-order valence-corrected chi connectivity index (χ3v) is 3.03. The average molecular weight is 257 g/mol. The third-order valence-electron chi connectivity index (χ3n) is 2.72. The number of aryl methyl sites for hydroxylation is 2. The van der Waals surface area contributed by atoms with Crippen molar-refractivity contribution < 1.29 is 9.47 Å². The van der Waals surface area contributed by atoms with Gasteiger partial charge >= 0.3 is 0 Å². The molecule has 0 heterocycles. The summed E-state index contributed by atoms with van der Waals surface area (Å²) in [5.41, 5.74) is 3.42. The van der Waals surface area contributed by atoms with E-state index < -0.39 is 0 Å². The predicted molar refractivity (Wildman–Crippen MR) is 72.1 cm³/mol. The third kappa shape index (κ3) is 4.21. The molecule has 0 fully saturated rings. The standard InChI is InChI=1S/C14H21ClO2/c1-10-7-13(9-15)8-11(2)14(10)17-12(3)5-6-16-4/h7-8,12H,5-6,9H2,1-4H3. The monoisotopic (exact) mass is 256 g/mol. The quantitative estimate of drug-likeness (QED) is 0.720. The molecule has 0 aliphatic heterocycles. The number of hydrogen-bond acceptors (Lipinski definition) is 2. The molecule has 0 saturated carbocycles. The molecular formula is C14H21ClO2. The van der Waals surface area contributed by atoms with Gasteiger partial charge in [0.25, 0.3) is 0 Å². The minimum Gasteiger partial charge on any atom is -0.490 e. The van der Waals surface area contributed by atoms with Gasteiger partial charge in [-0.3, -0.25) is 0 Å². The molecule has 0 aliphatic carbocycles. The molecule has 1 atom stereocenters. The first kappa shape index (κ1) is 14.3. The van der Waals surface area contributed by atoms with Crippen LogP contribution in [0.15, 0.2) is 12.1 Å². The van der Waals surface area contributed by atoms with Gasteiger partial charge in [0.1, 0.15) is 5.75 Å². The van der Waals surface area contributed by atoms with Crippen LogP contribution < -0.4 is 4.74 Å². The summed E-state index contributed by atoms with van der Waals surface area (Å²) in [5, 5.41) is 0. The molecule has 0 amide bonds. The average Bonchev–Trinajstić information content (AvgIpc) is 2.30. The maximum absolute atomic E-state index is 5.95. The van der Waals surface area contributed by atoms with E-state index in [1.54, 1.807) is 7.11 Å². The van der Waals surface area contributed by atoms with Crippen molar-refractivity contribution in [3.63, 3.8) is 0 Å². The largest absolute Gasteiger partial charge is 0.490 e. The highest BCUT2D eigenvalue weighted by atomic mass is 35.5. The highest BCUT2D eigenvalue weighted by Crippen LogP contribution is 2.26. The topological polar surface area (TPSA) is 18.5 Å². The van der Waals surface area contributed by atoms with Crippen LogP contribution in [0.5, 0.6) is 5.75 Å². The van der Waals surface area contributed by atoms with Crippen LogP contribution in [0.4, 0.5) is 0 Å². The number of methoxy groups -OCH3 is 1. The van der Waals surface area contributed by atoms with E-state index in [1.165, 1.54) is 0 Å². The molecule has 2 nitrogen and oxygen atoms in total. The molecule has 17 heavy (non-hydrogen) atoms. The molecule has 0 radical (unpaired) electrons. The van der Waals surface area contributed by atoms with E-state index in [0.717, 1.165) is 35.5 Å². The van der Waals surface area contributed by atoms with Crippen LogP contribution in [0.25, 0.3) is 0 Å². The SMILES string of the molecule is COCCC(C)Oc1c(C)cc(CCl)cc1C. The fourth-order valence-corrected chi connectivity index (χ4v) is 2.00. The molecule has 0 aliphatic rings. The summed E-state index contributed by atoms with van der Waals surface area (Å²) in [6.45, 7) is 6.90. The van der Waals surface area contributed by atoms with E-state index >= 15 is 0 Å². The van der Waals surface area contributed by atoms with Crippen molar-refractivity contribution in [3.05, 3.63) is 28.8 Å². The molecule has 1 aromatic rings. The Kier molecular flexibility index (Phi) is 5.79. The number of benzene rings is 1. The first-order valence-corrected chi connectivity index (χ1v) is 6.43.